The molecule has 6 heteroatoms. The Bertz CT molecular complexity index is 600. The van der Waals surface area contributed by atoms with Crippen molar-refractivity contribution in [1.82, 2.24) is 5.32 Å². The zero-order chi connectivity index (χ0) is 17.0. The van der Waals surface area contributed by atoms with E-state index >= 15 is 0 Å². The zero-order valence-electron chi connectivity index (χ0n) is 13.1. The third kappa shape index (κ3) is 3.51. The Morgan fingerprint density at radius 2 is 2.04 bits per heavy atom. The molecule has 23 heavy (non-hydrogen) atoms. The molecule has 0 aromatic heterocycles. The molecule has 0 saturated heterocycles. The van der Waals surface area contributed by atoms with Crippen molar-refractivity contribution < 1.29 is 23.5 Å². The van der Waals surface area contributed by atoms with E-state index < -0.39 is 35.0 Å². The van der Waals surface area contributed by atoms with Crippen LogP contribution in [0.2, 0.25) is 0 Å². The second kappa shape index (κ2) is 7.06. The first-order valence-electron chi connectivity index (χ1n) is 7.90. The van der Waals surface area contributed by atoms with Gasteiger partial charge in [-0.2, -0.15) is 0 Å². The Morgan fingerprint density at radius 1 is 1.35 bits per heavy atom. The Labute approximate surface area is 133 Å². The van der Waals surface area contributed by atoms with Crippen molar-refractivity contribution in [2.75, 3.05) is 0 Å². The van der Waals surface area contributed by atoms with Crippen LogP contribution >= 0.6 is 0 Å². The Kier molecular flexibility index (Phi) is 5.34. The molecule has 1 aromatic carbocycles. The van der Waals surface area contributed by atoms with Crippen LogP contribution < -0.4 is 5.32 Å². The molecule has 4 nitrogen and oxygen atoms in total. The zero-order valence-corrected chi connectivity index (χ0v) is 13.1. The first-order valence-corrected chi connectivity index (χ1v) is 7.90. The highest BCUT2D eigenvalue weighted by atomic mass is 19.1. The van der Waals surface area contributed by atoms with E-state index in [1.54, 1.807) is 0 Å². The number of carbonyl (C=O) groups is 2. The smallest absolute Gasteiger partial charge is 0.326 e. The van der Waals surface area contributed by atoms with Crippen molar-refractivity contribution >= 4 is 11.9 Å². The summed E-state index contributed by atoms with van der Waals surface area (Å²) >= 11 is 0. The number of nitrogens with one attached hydrogen (secondary N) is 1. The molecule has 1 unspecified atom stereocenters. The number of carbonyl (C=O) groups excluding carboxylic acids is 1. The summed E-state index contributed by atoms with van der Waals surface area (Å²) in [5.74, 6) is -3.05. The van der Waals surface area contributed by atoms with Gasteiger partial charge in [-0.05, 0) is 25.3 Å². The van der Waals surface area contributed by atoms with Crippen molar-refractivity contribution in [3.8, 4) is 0 Å². The van der Waals surface area contributed by atoms with Crippen LogP contribution in [0.15, 0.2) is 18.2 Å². The van der Waals surface area contributed by atoms with Crippen LogP contribution in [0.4, 0.5) is 8.78 Å². The summed E-state index contributed by atoms with van der Waals surface area (Å²) in [4.78, 5) is 23.9. The van der Waals surface area contributed by atoms with Gasteiger partial charge in [0.2, 0.25) is 5.91 Å². The van der Waals surface area contributed by atoms with Crippen molar-refractivity contribution in [2.45, 2.75) is 56.9 Å². The van der Waals surface area contributed by atoms with Crippen LogP contribution in [-0.4, -0.2) is 23.0 Å². The predicted molar refractivity (Wildman–Crippen MR) is 81.0 cm³/mol. The molecule has 1 amide bonds. The van der Waals surface area contributed by atoms with Gasteiger partial charge >= 0.3 is 5.97 Å². The van der Waals surface area contributed by atoms with Crippen molar-refractivity contribution in [2.24, 2.45) is 0 Å². The number of carboxylic acid groups (broad SMARTS) is 1. The minimum atomic E-state index is -1.10. The highest BCUT2D eigenvalue weighted by Crippen LogP contribution is 2.45. The molecule has 2 N–H and O–H groups in total. The van der Waals surface area contributed by atoms with E-state index in [0.717, 1.165) is 25.0 Å². The first kappa shape index (κ1) is 17.4. The molecule has 1 aliphatic rings. The van der Waals surface area contributed by atoms with Gasteiger partial charge in [-0.3, -0.25) is 4.79 Å². The number of benzene rings is 1. The summed E-state index contributed by atoms with van der Waals surface area (Å²) in [7, 11) is 0. The lowest BCUT2D eigenvalue weighted by Gasteiger charge is -2.41. The van der Waals surface area contributed by atoms with Crippen LogP contribution in [0.25, 0.3) is 0 Å². The summed E-state index contributed by atoms with van der Waals surface area (Å²) in [6.07, 6.45) is 3.44. The molecule has 0 radical (unpaired) electrons. The highest BCUT2D eigenvalue weighted by molar-refractivity contribution is 5.92. The predicted octanol–water partition coefficient (Wildman–Crippen LogP) is 3.15. The summed E-state index contributed by atoms with van der Waals surface area (Å²) in [5, 5.41) is 11.8. The van der Waals surface area contributed by atoms with E-state index in [9.17, 15) is 23.5 Å². The highest BCUT2D eigenvalue weighted by Gasteiger charge is 2.48. The molecule has 2 rings (SSSR count). The van der Waals surface area contributed by atoms with Gasteiger partial charge in [0.05, 0.1) is 5.41 Å². The average molecular weight is 325 g/mol. The summed E-state index contributed by atoms with van der Waals surface area (Å²) < 4.78 is 27.2. The maximum Gasteiger partial charge on any atom is 0.326 e. The molecular weight excluding hydrogens is 304 g/mol. The quantitative estimate of drug-likeness (QED) is 0.809. The first-order chi connectivity index (χ1) is 10.9. The Hall–Kier alpha value is -1.98. The van der Waals surface area contributed by atoms with Gasteiger partial charge in [-0.1, -0.05) is 32.3 Å². The van der Waals surface area contributed by atoms with E-state index in [1.165, 1.54) is 6.07 Å². The van der Waals surface area contributed by atoms with Gasteiger partial charge in [-0.25, -0.2) is 13.6 Å². The molecule has 0 aliphatic heterocycles. The molecule has 126 valence electrons. The fourth-order valence-corrected chi connectivity index (χ4v) is 2.99. The molecule has 1 atom stereocenters. The second-order valence-electron chi connectivity index (χ2n) is 6.07. The van der Waals surface area contributed by atoms with E-state index in [0.29, 0.717) is 25.7 Å². The number of carboxylic acids is 1. The fraction of sp³-hybridized carbons (Fsp3) is 0.529. The van der Waals surface area contributed by atoms with Gasteiger partial charge in [0, 0.05) is 11.6 Å². The van der Waals surface area contributed by atoms with Crippen molar-refractivity contribution in [3.05, 3.63) is 35.4 Å². The number of rotatable bonds is 7. The van der Waals surface area contributed by atoms with Crippen molar-refractivity contribution in [3.63, 3.8) is 0 Å². The minimum Gasteiger partial charge on any atom is -0.480 e. The van der Waals surface area contributed by atoms with Crippen LogP contribution in [0.5, 0.6) is 0 Å². The van der Waals surface area contributed by atoms with E-state index in [4.69, 9.17) is 0 Å². The van der Waals surface area contributed by atoms with E-state index in [1.807, 2.05) is 6.92 Å². The SMILES string of the molecule is CCCCC(NC(=O)C1(c2ccc(F)cc2F)CCC1)C(=O)O. The number of hydrogen-bond donors (Lipinski definition) is 2. The van der Waals surface area contributed by atoms with Gasteiger partial charge in [0.1, 0.15) is 17.7 Å². The molecule has 1 saturated carbocycles. The van der Waals surface area contributed by atoms with Gasteiger partial charge in [0.25, 0.3) is 0 Å². The molecule has 0 spiro atoms. The van der Waals surface area contributed by atoms with Crippen LogP contribution in [0.1, 0.15) is 51.0 Å². The maximum absolute atomic E-state index is 14.1. The largest absolute Gasteiger partial charge is 0.480 e. The second-order valence-corrected chi connectivity index (χ2v) is 6.07. The Morgan fingerprint density at radius 3 is 2.52 bits per heavy atom. The van der Waals surface area contributed by atoms with Gasteiger partial charge in [-0.15, -0.1) is 0 Å². The molecule has 0 bridgehead atoms. The molecular formula is C17H21F2NO3. The number of unbranched alkanes of at least 4 members (excludes halogenated alkanes) is 1. The van der Waals surface area contributed by atoms with Gasteiger partial charge in [0.15, 0.2) is 0 Å². The summed E-state index contributed by atoms with van der Waals surface area (Å²) in [6, 6.07) is 2.18. The number of aliphatic carboxylic acids is 1. The number of halogens is 2. The number of amides is 1. The maximum atomic E-state index is 14.1. The minimum absolute atomic E-state index is 0.141. The summed E-state index contributed by atoms with van der Waals surface area (Å²) in [6.45, 7) is 1.93. The molecule has 1 aromatic rings. The lowest BCUT2D eigenvalue weighted by atomic mass is 9.63. The third-order valence-corrected chi connectivity index (χ3v) is 4.54. The fourth-order valence-electron chi connectivity index (χ4n) is 2.99. The third-order valence-electron chi connectivity index (χ3n) is 4.54. The van der Waals surface area contributed by atoms with E-state index in [2.05, 4.69) is 5.32 Å². The van der Waals surface area contributed by atoms with Crippen molar-refractivity contribution in [1.29, 1.82) is 0 Å². The summed E-state index contributed by atoms with van der Waals surface area (Å²) in [5.41, 5.74) is -0.945. The van der Waals surface area contributed by atoms with Crippen LogP contribution in [0.3, 0.4) is 0 Å². The average Bonchev–Trinajstić information content (AvgIpc) is 2.44. The normalized spacial score (nSPS) is 17.2. The molecule has 1 fully saturated rings. The van der Waals surface area contributed by atoms with E-state index in [-0.39, 0.29) is 5.56 Å². The van der Waals surface area contributed by atoms with Gasteiger partial charge < -0.3 is 10.4 Å². The molecule has 0 heterocycles. The Balaban J connectivity index is 2.22. The standard InChI is InChI=1S/C17H21F2NO3/c1-2-3-5-14(15(21)22)20-16(23)17(8-4-9-17)12-7-6-11(18)10-13(12)19/h6-7,10,14H,2-5,8-9H2,1H3,(H,20,23)(H,21,22). The lowest BCUT2D eigenvalue weighted by molar-refractivity contribution is -0.143. The lowest BCUT2D eigenvalue weighted by Crippen LogP contribution is -2.54. The molecule has 1 aliphatic carbocycles. The number of hydrogen-bond acceptors (Lipinski definition) is 2. The van der Waals surface area contributed by atoms with Crippen LogP contribution in [-0.2, 0) is 15.0 Å². The topological polar surface area (TPSA) is 66.4 Å². The monoisotopic (exact) mass is 325 g/mol. The van der Waals surface area contributed by atoms with Crippen LogP contribution in [0, 0.1) is 11.6 Å².